The van der Waals surface area contributed by atoms with Gasteiger partial charge in [0, 0.05) is 36.5 Å². The van der Waals surface area contributed by atoms with Crippen LogP contribution in [0.5, 0.6) is 17.2 Å². The van der Waals surface area contributed by atoms with E-state index in [-0.39, 0.29) is 146 Å². The number of benzene rings is 4. The van der Waals surface area contributed by atoms with E-state index in [0.29, 0.717) is 113 Å². The van der Waals surface area contributed by atoms with Gasteiger partial charge in [-0.2, -0.15) is 0 Å². The van der Waals surface area contributed by atoms with Crippen LogP contribution in [0.3, 0.4) is 0 Å². The SMILES string of the molecule is CCc1c(CC2=N[C@@H](c3cccc(OCCCCS(=O)(=O)[O-])c3)CO2)c(CC)c(CC2=N[C@@H](c3cccc(OCCCCS(=O)(=O)[O-])c3)CO2)c(CC)c1CC1=N[C@@H](c2cccc(OCCCCS(=O)(=O)[O-])c2)CO1.[Na+].[Na+].[Na+]. The first-order valence-corrected chi connectivity index (χ1v) is 30.4. The zero-order chi connectivity index (χ0) is 53.6. The molecule has 24 heteroatoms. The van der Waals surface area contributed by atoms with Gasteiger partial charge in [0.15, 0.2) is 17.7 Å². The van der Waals surface area contributed by atoms with Gasteiger partial charge in [0.05, 0.1) is 50.2 Å². The predicted octanol–water partition coefficient (Wildman–Crippen LogP) is -1.36. The number of hydrogen-bond donors (Lipinski definition) is 0. The van der Waals surface area contributed by atoms with Gasteiger partial charge in [0.25, 0.3) is 0 Å². The molecule has 0 fully saturated rings. The van der Waals surface area contributed by atoms with Gasteiger partial charge in [0.1, 0.15) is 55.2 Å². The molecule has 0 spiro atoms. The van der Waals surface area contributed by atoms with Gasteiger partial charge >= 0.3 is 88.7 Å². The first kappa shape index (κ1) is 67.9. The Labute approximate surface area is 526 Å². The molecule has 0 unspecified atom stereocenters. The molecule has 0 bridgehead atoms. The van der Waals surface area contributed by atoms with E-state index < -0.39 is 47.6 Å². The fraction of sp³-hybridized carbons (Fsp3) is 0.500. The van der Waals surface area contributed by atoms with E-state index in [9.17, 15) is 38.9 Å². The van der Waals surface area contributed by atoms with Crippen molar-refractivity contribution in [2.75, 3.05) is 56.9 Å². The van der Waals surface area contributed by atoms with Crippen molar-refractivity contribution in [2.45, 2.75) is 116 Å². The van der Waals surface area contributed by atoms with Crippen LogP contribution in [0.1, 0.15) is 127 Å². The van der Waals surface area contributed by atoms with Crippen LogP contribution in [-0.2, 0) is 83.1 Å². The number of ether oxygens (including phenoxy) is 6. The summed E-state index contributed by atoms with van der Waals surface area (Å²) in [6, 6.07) is 21.9. The second-order valence-corrected chi connectivity index (χ2v) is 23.3. The maximum Gasteiger partial charge on any atom is 1.00 e. The van der Waals surface area contributed by atoms with E-state index in [1.165, 1.54) is 16.7 Å². The Morgan fingerprint density at radius 1 is 0.436 bits per heavy atom. The van der Waals surface area contributed by atoms with Crippen molar-refractivity contribution in [1.29, 1.82) is 0 Å². The molecule has 3 heterocycles. The van der Waals surface area contributed by atoms with Crippen LogP contribution in [-0.4, -0.2) is 114 Å². The molecule has 0 aromatic heterocycles. The summed E-state index contributed by atoms with van der Waals surface area (Å²) in [7, 11) is -12.8. The Kier molecular flexibility index (Phi) is 28.1. The predicted molar refractivity (Wildman–Crippen MR) is 281 cm³/mol. The van der Waals surface area contributed by atoms with Gasteiger partial charge in [-0.05, 0) is 144 Å². The minimum Gasteiger partial charge on any atom is -0.748 e. The van der Waals surface area contributed by atoms with Gasteiger partial charge in [-0.3, -0.25) is 0 Å². The maximum absolute atomic E-state index is 11.0. The molecule has 0 amide bonds. The van der Waals surface area contributed by atoms with Crippen molar-refractivity contribution in [3.8, 4) is 17.2 Å². The summed E-state index contributed by atoms with van der Waals surface area (Å²) in [5.41, 5.74) is 9.63. The molecule has 3 atom stereocenters. The number of aliphatic imine (C=N–C) groups is 3. The van der Waals surface area contributed by atoms with Crippen LogP contribution in [0, 0.1) is 0 Å². The average Bonchev–Trinajstić information content (AvgIpc) is 4.23. The summed E-state index contributed by atoms with van der Waals surface area (Å²) in [5.74, 6) is 2.38. The first-order valence-electron chi connectivity index (χ1n) is 25.6. The second kappa shape index (κ2) is 32.3. The summed E-state index contributed by atoms with van der Waals surface area (Å²) in [6.07, 6.45) is 5.40. The van der Waals surface area contributed by atoms with Crippen LogP contribution in [0.4, 0.5) is 0 Å². The summed E-state index contributed by atoms with van der Waals surface area (Å²) < 4.78 is 136. The molecule has 7 rings (SSSR count). The van der Waals surface area contributed by atoms with E-state index >= 15 is 0 Å². The van der Waals surface area contributed by atoms with Crippen molar-refractivity contribution < 1.29 is 156 Å². The first-order chi connectivity index (χ1) is 35.9. The molecule has 0 N–H and O–H groups in total. The number of unbranched alkanes of at least 4 members (excludes halogenated alkanes) is 3. The van der Waals surface area contributed by atoms with E-state index in [0.717, 1.165) is 33.4 Å². The molecule has 0 saturated heterocycles. The monoisotopic (exact) mass is 1160 g/mol. The summed E-state index contributed by atoms with van der Waals surface area (Å²) >= 11 is 0. The molecule has 0 aliphatic carbocycles. The van der Waals surface area contributed by atoms with E-state index in [4.69, 9.17) is 43.4 Å². The van der Waals surface area contributed by atoms with Crippen LogP contribution >= 0.6 is 0 Å². The van der Waals surface area contributed by atoms with E-state index in [2.05, 4.69) is 20.8 Å². The smallest absolute Gasteiger partial charge is 0.748 e. The Morgan fingerprint density at radius 2 is 0.705 bits per heavy atom. The van der Waals surface area contributed by atoms with Gasteiger partial charge < -0.3 is 42.1 Å². The third-order valence-corrected chi connectivity index (χ3v) is 15.6. The molecule has 4 aromatic carbocycles. The number of rotatable bonds is 30. The fourth-order valence-corrected chi connectivity index (χ4v) is 11.4. The minimum atomic E-state index is -4.28. The van der Waals surface area contributed by atoms with Gasteiger partial charge in [-0.25, -0.2) is 40.2 Å². The molecule has 3 aliphatic rings. The third-order valence-electron chi connectivity index (χ3n) is 13.3. The molecule has 0 radical (unpaired) electrons. The topological polar surface area (TPSA) is 264 Å². The Hall–Kier alpha value is -2.58. The van der Waals surface area contributed by atoms with E-state index in [1.54, 1.807) is 0 Å². The van der Waals surface area contributed by atoms with Crippen molar-refractivity contribution in [3.05, 3.63) is 123 Å². The molecule has 4 aromatic rings. The molecule has 3 aliphatic heterocycles. The normalized spacial score (nSPS) is 17.0. The quantitative estimate of drug-likeness (QED) is 0.0332. The van der Waals surface area contributed by atoms with Gasteiger partial charge in [0.2, 0.25) is 0 Å². The average molecular weight is 1160 g/mol. The van der Waals surface area contributed by atoms with Crippen LogP contribution < -0.4 is 103 Å². The molecule has 0 saturated carbocycles. The molecule has 78 heavy (non-hydrogen) atoms. The van der Waals surface area contributed by atoms with Crippen LogP contribution in [0.15, 0.2) is 87.8 Å². The standard InChI is InChI=1S/C54H69N3O15S3.3Na/c1-4-43-46(31-52-55-49(34-70-52)37-16-13-19-40(28-37)67-22-7-10-25-73(58,59)60)44(5-2)48(33-54-57-51(36-72-54)39-18-15-21-42(30-39)69-24-9-12-27-75(64,65)66)45(6-3)47(43)32-53-56-50(35-71-53)38-17-14-20-41(29-38)68-23-8-11-26-74(61,62)63;;;/h13-21,28-30,49-51H,4-12,22-27,31-36H2,1-3H3,(H,58,59,60)(H,61,62,63)(H,64,65,66);;;/q;3*+1/p-3/t49-,50-,51-;;;/m1.../s1. The molecular formula is C54H66N3Na3O15S3. The van der Waals surface area contributed by atoms with Crippen molar-refractivity contribution in [1.82, 2.24) is 0 Å². The Morgan fingerprint density at radius 3 is 0.949 bits per heavy atom. The molecule has 18 nitrogen and oxygen atoms in total. The van der Waals surface area contributed by atoms with Crippen LogP contribution in [0.2, 0.25) is 0 Å². The number of nitrogens with zero attached hydrogens (tertiary/aromatic N) is 3. The van der Waals surface area contributed by atoms with Crippen LogP contribution in [0.25, 0.3) is 0 Å². The zero-order valence-corrected chi connectivity index (χ0v) is 54.1. The van der Waals surface area contributed by atoms with E-state index in [1.807, 2.05) is 72.8 Å². The van der Waals surface area contributed by atoms with Gasteiger partial charge in [-0.1, -0.05) is 57.2 Å². The third kappa shape index (κ3) is 21.0. The Bertz CT molecular complexity index is 2730. The maximum atomic E-state index is 11.0. The van der Waals surface area contributed by atoms with Crippen molar-refractivity contribution in [3.63, 3.8) is 0 Å². The Balaban J connectivity index is 0.00000437. The largest absolute Gasteiger partial charge is 1.00 e. The van der Waals surface area contributed by atoms with Crippen molar-refractivity contribution >= 4 is 48.0 Å². The second-order valence-electron chi connectivity index (χ2n) is 18.7. The number of hydrogen-bond acceptors (Lipinski definition) is 18. The zero-order valence-electron chi connectivity index (χ0n) is 45.7. The summed E-state index contributed by atoms with van der Waals surface area (Å²) in [5, 5.41) is 0. The fourth-order valence-electron chi connectivity index (χ4n) is 9.69. The molecule has 408 valence electrons. The summed E-state index contributed by atoms with van der Waals surface area (Å²) in [4.78, 5) is 15.3. The molecular weight excluding hydrogens is 1100 g/mol. The minimum absolute atomic E-state index is 0. The van der Waals surface area contributed by atoms with Crippen molar-refractivity contribution in [2.24, 2.45) is 15.0 Å². The van der Waals surface area contributed by atoms with Gasteiger partial charge in [-0.15, -0.1) is 0 Å². The summed E-state index contributed by atoms with van der Waals surface area (Å²) in [6.45, 7) is 8.27.